The smallest absolute Gasteiger partial charge is 0.121 e. The van der Waals surface area contributed by atoms with E-state index in [-0.39, 0.29) is 49.8 Å². The Balaban J connectivity index is 0.000000211. The van der Waals surface area contributed by atoms with Gasteiger partial charge in [-0.25, -0.2) is 0 Å². The van der Waals surface area contributed by atoms with Gasteiger partial charge in [-0.2, -0.15) is 0 Å². The fourth-order valence-corrected chi connectivity index (χ4v) is 6.66. The Morgan fingerprint density at radius 1 is 0.735 bits per heavy atom. The van der Waals surface area contributed by atoms with Crippen LogP contribution < -0.4 is 5.19 Å². The van der Waals surface area contributed by atoms with Crippen LogP contribution in [0.2, 0.25) is 19.6 Å². The molecule has 5 aromatic carbocycles. The van der Waals surface area contributed by atoms with Crippen molar-refractivity contribution in [2.75, 3.05) is 0 Å². The van der Waals surface area contributed by atoms with Crippen molar-refractivity contribution in [1.82, 2.24) is 9.97 Å². The number of aromatic nitrogens is 2. The average Bonchev–Trinajstić information content (AvgIpc) is 3.54. The second-order valence-electron chi connectivity index (χ2n) is 13.0. The standard InChI is InChI=1S/C27H16NO.C17H22NSi.Ir/c1-2-7-18(8-3-1)20-13-14-22-23-11-6-12-24(27(23)29-26(22)16-20)25-15-19-9-4-5-10-21(19)17-28-25;1-13(2)14-7-6-8-15(11-14)17-10-9-16(12-18-17)19(3,4)5;/h1-11,13-17H;6-7,9-13H,1-5H3;/q2*-1;/i1D,2D,3D,7D,8D;13D;. The van der Waals surface area contributed by atoms with Gasteiger partial charge >= 0.3 is 0 Å². The van der Waals surface area contributed by atoms with Crippen LogP contribution >= 0.6 is 0 Å². The van der Waals surface area contributed by atoms with Gasteiger partial charge in [-0.3, -0.25) is 0 Å². The van der Waals surface area contributed by atoms with Crippen molar-refractivity contribution < 1.29 is 32.7 Å². The molecule has 3 nitrogen and oxygen atoms in total. The van der Waals surface area contributed by atoms with Crippen LogP contribution in [0.1, 0.15) is 33.5 Å². The minimum atomic E-state index is -1.30. The van der Waals surface area contributed by atoms with Crippen LogP contribution in [0.4, 0.5) is 0 Å². The van der Waals surface area contributed by atoms with Crippen molar-refractivity contribution in [2.45, 2.75) is 39.4 Å². The minimum absolute atomic E-state index is 0. The third-order valence-corrected chi connectivity index (χ3v) is 10.4. The van der Waals surface area contributed by atoms with Crippen LogP contribution in [0.3, 0.4) is 0 Å². The summed E-state index contributed by atoms with van der Waals surface area (Å²) in [5.74, 6) is -0.595. The van der Waals surface area contributed by atoms with E-state index in [4.69, 9.17) is 12.6 Å². The maximum atomic E-state index is 8.28. The summed E-state index contributed by atoms with van der Waals surface area (Å²) >= 11 is 0. The predicted octanol–water partition coefficient (Wildman–Crippen LogP) is 11.5. The van der Waals surface area contributed by atoms with Gasteiger partial charge < -0.3 is 14.4 Å². The number of benzene rings is 5. The SMILES string of the molecule is [2H]C(C)(C)c1cc[c-]c(-c2ccc([Si](C)(C)C)cn2)c1.[2H]c1c([2H])c([2H])c(-c2ccc3c(c2)oc2c(-c4cc5ccccc5cn4)[c-]ccc23)c([2H])c1[2H].[Ir]. The van der Waals surface area contributed by atoms with Crippen LogP contribution in [0.25, 0.3) is 66.4 Å². The molecule has 0 saturated carbocycles. The summed E-state index contributed by atoms with van der Waals surface area (Å²) in [5.41, 5.74) is 6.21. The zero-order valence-electron chi connectivity index (χ0n) is 34.0. The molecule has 245 valence electrons. The first kappa shape index (κ1) is 27.2. The summed E-state index contributed by atoms with van der Waals surface area (Å²) in [6.07, 6.45) is 3.82. The van der Waals surface area contributed by atoms with E-state index in [9.17, 15) is 0 Å². The molecule has 0 N–H and O–H groups in total. The number of nitrogens with zero attached hydrogens (tertiary/aromatic N) is 2. The molecule has 0 aliphatic rings. The minimum Gasteiger partial charge on any atom is -0.501 e. The number of hydrogen-bond donors (Lipinski definition) is 0. The first-order valence-electron chi connectivity index (χ1n) is 18.9. The van der Waals surface area contributed by atoms with E-state index in [0.29, 0.717) is 16.7 Å². The van der Waals surface area contributed by atoms with Crippen molar-refractivity contribution in [3.05, 3.63) is 151 Å². The van der Waals surface area contributed by atoms with Gasteiger partial charge in [0.15, 0.2) is 0 Å². The first-order valence-corrected chi connectivity index (χ1v) is 19.4. The zero-order valence-corrected chi connectivity index (χ0v) is 31.3. The second kappa shape index (κ2) is 14.4. The van der Waals surface area contributed by atoms with E-state index >= 15 is 0 Å². The van der Waals surface area contributed by atoms with Crippen molar-refractivity contribution in [1.29, 1.82) is 0 Å². The third kappa shape index (κ3) is 7.35. The molecule has 0 spiro atoms. The van der Waals surface area contributed by atoms with E-state index in [0.717, 1.165) is 49.6 Å². The molecule has 0 amide bonds. The quantitative estimate of drug-likeness (QED) is 0.128. The van der Waals surface area contributed by atoms with Crippen LogP contribution in [-0.4, -0.2) is 18.0 Å². The zero-order chi connectivity index (χ0) is 38.5. The number of hydrogen-bond acceptors (Lipinski definition) is 3. The van der Waals surface area contributed by atoms with Gasteiger partial charge in [0.25, 0.3) is 0 Å². The largest absolute Gasteiger partial charge is 0.501 e. The maximum Gasteiger partial charge on any atom is 0.121 e. The Labute approximate surface area is 311 Å². The van der Waals surface area contributed by atoms with Gasteiger partial charge in [0.05, 0.1) is 20.5 Å². The van der Waals surface area contributed by atoms with E-state index in [2.05, 4.69) is 53.9 Å². The van der Waals surface area contributed by atoms with Gasteiger partial charge in [-0.05, 0) is 50.4 Å². The fourth-order valence-electron chi connectivity index (χ4n) is 5.62. The molecular weight excluding hydrogens is 793 g/mol. The van der Waals surface area contributed by atoms with Gasteiger partial charge in [-0.1, -0.05) is 129 Å². The summed E-state index contributed by atoms with van der Waals surface area (Å²) in [6.45, 7) is 10.7. The van der Waals surface area contributed by atoms with Crippen LogP contribution in [0.15, 0.2) is 138 Å². The number of pyridine rings is 2. The van der Waals surface area contributed by atoms with Gasteiger partial charge in [0.2, 0.25) is 0 Å². The van der Waals surface area contributed by atoms with Crippen molar-refractivity contribution in [3.63, 3.8) is 0 Å². The van der Waals surface area contributed by atoms with Crippen LogP contribution in [-0.2, 0) is 20.1 Å². The molecule has 8 aromatic rings. The molecule has 8 rings (SSSR count). The molecule has 0 saturated heterocycles. The van der Waals surface area contributed by atoms with Crippen LogP contribution in [0.5, 0.6) is 0 Å². The Hall–Kier alpha value is -4.67. The molecule has 0 aliphatic heterocycles. The molecule has 49 heavy (non-hydrogen) atoms. The molecule has 0 bridgehead atoms. The van der Waals surface area contributed by atoms with Gasteiger partial charge in [0, 0.05) is 39.3 Å². The van der Waals surface area contributed by atoms with E-state index in [1.165, 1.54) is 5.19 Å². The molecule has 0 aliphatic carbocycles. The first-order chi connectivity index (χ1) is 25.6. The average molecular weight is 837 g/mol. The number of furan rings is 1. The number of fused-ring (bicyclic) bond motifs is 4. The van der Waals surface area contributed by atoms with Crippen molar-refractivity contribution >= 4 is 46.0 Å². The van der Waals surface area contributed by atoms with Crippen LogP contribution in [0, 0.1) is 12.1 Å². The molecule has 0 unspecified atom stereocenters. The van der Waals surface area contributed by atoms with Crippen molar-refractivity contribution in [3.8, 4) is 33.6 Å². The van der Waals surface area contributed by atoms with Gasteiger partial charge in [0.1, 0.15) is 5.58 Å². The Morgan fingerprint density at radius 2 is 1.49 bits per heavy atom. The molecule has 5 heteroatoms. The Bertz CT molecular complexity index is 2670. The van der Waals surface area contributed by atoms with Gasteiger partial charge in [-0.15, -0.1) is 53.6 Å². The molecule has 0 fully saturated rings. The number of rotatable bonds is 5. The van der Waals surface area contributed by atoms with E-state index in [1.807, 2.05) is 93.0 Å². The summed E-state index contributed by atoms with van der Waals surface area (Å²) < 4.78 is 54.7. The maximum absolute atomic E-state index is 8.28. The molecule has 1 radical (unpaired) electrons. The predicted molar refractivity (Wildman–Crippen MR) is 204 cm³/mol. The Kier molecular flexibility index (Phi) is 8.01. The topological polar surface area (TPSA) is 38.9 Å². The normalized spacial score (nSPS) is 13.3. The summed E-state index contributed by atoms with van der Waals surface area (Å²) in [7, 11) is -1.30. The molecular formula is C44H38IrN2OSi-2. The van der Waals surface area contributed by atoms with E-state index < -0.39 is 20.0 Å². The summed E-state index contributed by atoms with van der Waals surface area (Å²) in [6, 6.07) is 34.1. The van der Waals surface area contributed by atoms with Crippen molar-refractivity contribution in [2.24, 2.45) is 0 Å². The summed E-state index contributed by atoms with van der Waals surface area (Å²) in [5, 5.41) is 5.23. The Morgan fingerprint density at radius 3 is 2.22 bits per heavy atom. The third-order valence-electron chi connectivity index (χ3n) is 8.39. The summed E-state index contributed by atoms with van der Waals surface area (Å²) in [4.78, 5) is 9.19. The monoisotopic (exact) mass is 837 g/mol. The second-order valence-corrected chi connectivity index (χ2v) is 18.1. The molecule has 3 heterocycles. The fraction of sp³-hybridized carbons (Fsp3) is 0.136. The molecule has 3 aromatic heterocycles. The van der Waals surface area contributed by atoms with E-state index in [1.54, 1.807) is 12.1 Å². The molecule has 0 atom stereocenters.